The van der Waals surface area contributed by atoms with Gasteiger partial charge in [0.2, 0.25) is 0 Å². The van der Waals surface area contributed by atoms with Crippen LogP contribution in [0.15, 0.2) is 42.5 Å². The van der Waals surface area contributed by atoms with E-state index < -0.39 is 0 Å². The molecule has 0 unspecified atom stereocenters. The Bertz CT molecular complexity index is 988. The maximum atomic E-state index is 12.1. The summed E-state index contributed by atoms with van der Waals surface area (Å²) in [7, 11) is 0. The lowest BCUT2D eigenvalue weighted by Gasteiger charge is -2.18. The summed E-state index contributed by atoms with van der Waals surface area (Å²) >= 11 is 0. The van der Waals surface area contributed by atoms with Crippen LogP contribution in [0.4, 0.5) is 0 Å². The van der Waals surface area contributed by atoms with E-state index >= 15 is 0 Å². The topological polar surface area (TPSA) is 52.6 Å². The molecule has 0 aliphatic heterocycles. The lowest BCUT2D eigenvalue weighted by molar-refractivity contribution is -0.134. The Morgan fingerprint density at radius 1 is 0.731 bits per heavy atom. The van der Waals surface area contributed by atoms with Gasteiger partial charge in [-0.2, -0.15) is 0 Å². The first-order chi connectivity index (χ1) is 12.6. The summed E-state index contributed by atoms with van der Waals surface area (Å²) in [4.78, 5) is 24.1. The van der Waals surface area contributed by atoms with Gasteiger partial charge in [-0.3, -0.25) is 9.59 Å². The van der Waals surface area contributed by atoms with Gasteiger partial charge >= 0.3 is 11.9 Å². The number of benzene rings is 3. The summed E-state index contributed by atoms with van der Waals surface area (Å²) in [5.41, 5.74) is 1.04. The molecule has 0 fully saturated rings. The zero-order valence-corrected chi connectivity index (χ0v) is 15.3. The van der Waals surface area contributed by atoms with Gasteiger partial charge in [-0.05, 0) is 12.0 Å². The molecule has 0 N–H and O–H groups in total. The highest BCUT2D eigenvalue weighted by atomic mass is 16.5. The molecule has 0 aromatic heterocycles. The number of ether oxygens (including phenoxy) is 2. The summed E-state index contributed by atoms with van der Waals surface area (Å²) in [6, 6.07) is 13.4. The van der Waals surface area contributed by atoms with E-state index in [4.69, 9.17) is 9.47 Å². The van der Waals surface area contributed by atoms with Gasteiger partial charge in [0.05, 0.1) is 0 Å². The van der Waals surface area contributed by atoms with Crippen LogP contribution >= 0.6 is 0 Å². The van der Waals surface area contributed by atoms with E-state index in [9.17, 15) is 9.59 Å². The van der Waals surface area contributed by atoms with E-state index in [2.05, 4.69) is 0 Å². The lowest BCUT2D eigenvalue weighted by atomic mass is 9.96. The second-order valence-electron chi connectivity index (χ2n) is 6.05. The van der Waals surface area contributed by atoms with E-state index in [0.717, 1.165) is 33.5 Å². The van der Waals surface area contributed by atoms with Crippen molar-refractivity contribution in [1.82, 2.24) is 0 Å². The highest BCUT2D eigenvalue weighted by Gasteiger charge is 2.20. The maximum Gasteiger partial charge on any atom is 0.310 e. The molecule has 0 amide bonds. The Morgan fingerprint density at radius 3 is 1.85 bits per heavy atom. The first-order valence-corrected chi connectivity index (χ1v) is 8.98. The van der Waals surface area contributed by atoms with Crippen molar-refractivity contribution in [2.75, 3.05) is 0 Å². The number of fused-ring (bicyclic) bond motifs is 2. The molecule has 0 heterocycles. The summed E-state index contributed by atoms with van der Waals surface area (Å²) in [6.45, 7) is 5.58. The van der Waals surface area contributed by atoms with E-state index in [0.29, 0.717) is 11.5 Å². The average molecular weight is 350 g/mol. The third kappa shape index (κ3) is 3.15. The second-order valence-corrected chi connectivity index (χ2v) is 6.05. The van der Waals surface area contributed by atoms with Crippen molar-refractivity contribution in [3.05, 3.63) is 48.0 Å². The Balaban J connectivity index is 2.45. The molecule has 0 radical (unpaired) electrons. The largest absolute Gasteiger partial charge is 0.425 e. The van der Waals surface area contributed by atoms with Crippen molar-refractivity contribution in [2.45, 2.75) is 40.0 Å². The summed E-state index contributed by atoms with van der Waals surface area (Å²) < 4.78 is 11.4. The van der Waals surface area contributed by atoms with E-state index in [1.54, 1.807) is 13.8 Å². The SMILES string of the molecule is CCC(=O)Oc1c2ccccc2c(OC(=O)CC)c2c(CC)cccc12. The van der Waals surface area contributed by atoms with Crippen molar-refractivity contribution in [1.29, 1.82) is 0 Å². The van der Waals surface area contributed by atoms with E-state index in [1.807, 2.05) is 49.4 Å². The molecule has 4 nitrogen and oxygen atoms in total. The monoisotopic (exact) mass is 350 g/mol. The van der Waals surface area contributed by atoms with Gasteiger partial charge in [-0.15, -0.1) is 0 Å². The zero-order valence-electron chi connectivity index (χ0n) is 15.3. The van der Waals surface area contributed by atoms with Crippen molar-refractivity contribution in [3.8, 4) is 11.5 Å². The number of hydrogen-bond donors (Lipinski definition) is 0. The molecule has 134 valence electrons. The summed E-state index contributed by atoms with van der Waals surface area (Å²) in [6.07, 6.45) is 1.35. The quantitative estimate of drug-likeness (QED) is 0.361. The minimum absolute atomic E-state index is 0.288. The number of rotatable bonds is 5. The lowest BCUT2D eigenvalue weighted by Crippen LogP contribution is -2.09. The van der Waals surface area contributed by atoms with Gasteiger partial charge in [-0.1, -0.05) is 63.2 Å². The predicted molar refractivity (Wildman–Crippen MR) is 103 cm³/mol. The van der Waals surface area contributed by atoms with E-state index in [1.165, 1.54) is 0 Å². The van der Waals surface area contributed by atoms with Crippen LogP contribution in [0.3, 0.4) is 0 Å². The molecule has 0 bridgehead atoms. The Kier molecular flexibility index (Phi) is 5.21. The third-order valence-electron chi connectivity index (χ3n) is 4.43. The molecule has 26 heavy (non-hydrogen) atoms. The number of hydrogen-bond acceptors (Lipinski definition) is 4. The molecule has 0 aliphatic carbocycles. The Labute approximate surface area is 152 Å². The van der Waals surface area contributed by atoms with Crippen molar-refractivity contribution < 1.29 is 19.1 Å². The molecule has 0 aliphatic rings. The minimum atomic E-state index is -0.295. The van der Waals surface area contributed by atoms with Gasteiger partial charge in [0.15, 0.2) is 0 Å². The van der Waals surface area contributed by atoms with Crippen LogP contribution in [0.1, 0.15) is 39.2 Å². The van der Waals surface area contributed by atoms with Crippen LogP contribution in [0.25, 0.3) is 21.5 Å². The Hall–Kier alpha value is -2.88. The molecule has 0 atom stereocenters. The van der Waals surface area contributed by atoms with Gasteiger partial charge in [0, 0.05) is 34.4 Å². The molecule has 3 rings (SSSR count). The van der Waals surface area contributed by atoms with Crippen LogP contribution in [0, 0.1) is 0 Å². The zero-order chi connectivity index (χ0) is 18.7. The van der Waals surface area contributed by atoms with Gasteiger partial charge in [0.1, 0.15) is 11.5 Å². The van der Waals surface area contributed by atoms with Crippen molar-refractivity contribution >= 4 is 33.5 Å². The fourth-order valence-electron chi connectivity index (χ4n) is 3.10. The van der Waals surface area contributed by atoms with Gasteiger partial charge in [-0.25, -0.2) is 0 Å². The van der Waals surface area contributed by atoms with Crippen molar-refractivity contribution in [3.63, 3.8) is 0 Å². The summed E-state index contributed by atoms with van der Waals surface area (Å²) in [5.74, 6) is 0.475. The first-order valence-electron chi connectivity index (χ1n) is 8.98. The normalized spacial score (nSPS) is 10.9. The van der Waals surface area contributed by atoms with E-state index in [-0.39, 0.29) is 24.8 Å². The third-order valence-corrected chi connectivity index (χ3v) is 4.43. The fraction of sp³-hybridized carbons (Fsp3) is 0.273. The van der Waals surface area contributed by atoms with Crippen LogP contribution in [0.5, 0.6) is 11.5 Å². The Morgan fingerprint density at radius 2 is 1.27 bits per heavy atom. The molecular formula is C22H22O4. The molecule has 0 spiro atoms. The average Bonchev–Trinajstić information content (AvgIpc) is 2.69. The highest BCUT2D eigenvalue weighted by molar-refractivity contribution is 6.13. The van der Waals surface area contributed by atoms with Gasteiger partial charge in [0.25, 0.3) is 0 Å². The first kappa shape index (κ1) is 17.9. The summed E-state index contributed by atoms with van der Waals surface area (Å²) in [5, 5.41) is 3.13. The number of carbonyl (C=O) groups is 2. The molecule has 0 saturated carbocycles. The minimum Gasteiger partial charge on any atom is -0.425 e. The number of carbonyl (C=O) groups excluding carboxylic acids is 2. The van der Waals surface area contributed by atoms with Crippen molar-refractivity contribution in [2.24, 2.45) is 0 Å². The smallest absolute Gasteiger partial charge is 0.310 e. The van der Waals surface area contributed by atoms with Crippen LogP contribution < -0.4 is 9.47 Å². The second kappa shape index (κ2) is 7.56. The fourth-order valence-corrected chi connectivity index (χ4v) is 3.10. The maximum absolute atomic E-state index is 12.1. The highest BCUT2D eigenvalue weighted by Crippen LogP contribution is 2.44. The standard InChI is InChI=1S/C22H22O4/c1-4-14-10-9-13-17-20(14)22(26-19(24)6-3)16-12-8-7-11-15(16)21(17)25-18(23)5-2/h7-13H,4-6H2,1-3H3. The molecule has 3 aromatic carbocycles. The molecule has 0 saturated heterocycles. The van der Waals surface area contributed by atoms with Crippen LogP contribution in [0.2, 0.25) is 0 Å². The predicted octanol–water partition coefficient (Wildman–Crippen LogP) is 5.19. The van der Waals surface area contributed by atoms with Gasteiger partial charge < -0.3 is 9.47 Å². The molecule has 4 heteroatoms. The molecule has 3 aromatic rings. The number of aryl methyl sites for hydroxylation is 1. The number of esters is 2. The van der Waals surface area contributed by atoms with Crippen LogP contribution in [-0.4, -0.2) is 11.9 Å². The van der Waals surface area contributed by atoms with Crippen LogP contribution in [-0.2, 0) is 16.0 Å². The molecular weight excluding hydrogens is 328 g/mol.